The van der Waals surface area contributed by atoms with Gasteiger partial charge in [-0.2, -0.15) is 0 Å². The van der Waals surface area contributed by atoms with Crippen LogP contribution in [0.4, 0.5) is 0 Å². The summed E-state index contributed by atoms with van der Waals surface area (Å²) >= 11 is 0. The Labute approximate surface area is 256 Å². The van der Waals surface area contributed by atoms with Crippen molar-refractivity contribution in [2.75, 3.05) is 0 Å². The van der Waals surface area contributed by atoms with Gasteiger partial charge in [0.1, 0.15) is 0 Å². The molecule has 0 spiro atoms. The summed E-state index contributed by atoms with van der Waals surface area (Å²) in [6, 6.07) is 49.6. The molecule has 0 aliphatic heterocycles. The molecule has 8 rings (SSSR count). The molecule has 0 N–H and O–H groups in total. The van der Waals surface area contributed by atoms with Gasteiger partial charge in [-0.15, -0.1) is 0 Å². The molecule has 3 heterocycles. The van der Waals surface area contributed by atoms with E-state index in [1.54, 1.807) is 0 Å². The Balaban J connectivity index is 1.30. The molecule has 0 fully saturated rings. The fourth-order valence-electron chi connectivity index (χ4n) is 6.16. The average molecular weight is 562 g/mol. The van der Waals surface area contributed by atoms with Crippen LogP contribution in [0.5, 0.6) is 0 Å². The lowest BCUT2D eigenvalue weighted by Gasteiger charge is -2.15. The van der Waals surface area contributed by atoms with Crippen molar-refractivity contribution in [3.05, 3.63) is 164 Å². The first-order valence-corrected chi connectivity index (χ1v) is 14.8. The molecule has 0 atom stereocenters. The van der Waals surface area contributed by atoms with Crippen LogP contribution in [-0.4, -0.2) is 15.0 Å². The van der Waals surface area contributed by atoms with Crippen molar-refractivity contribution in [2.45, 2.75) is 0 Å². The Morgan fingerprint density at radius 1 is 0.318 bits per heavy atom. The fourth-order valence-corrected chi connectivity index (χ4v) is 6.16. The summed E-state index contributed by atoms with van der Waals surface area (Å²) in [5.74, 6) is 0. The second kappa shape index (κ2) is 11.0. The van der Waals surface area contributed by atoms with Gasteiger partial charge in [-0.1, -0.05) is 91.0 Å². The van der Waals surface area contributed by atoms with Gasteiger partial charge in [0.05, 0.1) is 11.4 Å². The van der Waals surface area contributed by atoms with E-state index in [1.807, 2.05) is 49.1 Å². The minimum absolute atomic E-state index is 0.905. The van der Waals surface area contributed by atoms with Gasteiger partial charge in [-0.05, 0) is 103 Å². The van der Waals surface area contributed by atoms with Gasteiger partial charge in [0.15, 0.2) is 0 Å². The molecule has 0 aliphatic rings. The van der Waals surface area contributed by atoms with Gasteiger partial charge in [0.25, 0.3) is 0 Å². The Morgan fingerprint density at radius 2 is 0.841 bits per heavy atom. The lowest BCUT2D eigenvalue weighted by molar-refractivity contribution is 1.27. The molecule has 0 amide bonds. The molecule has 8 aromatic rings. The zero-order valence-electron chi connectivity index (χ0n) is 23.9. The molecule has 5 aromatic carbocycles. The van der Waals surface area contributed by atoms with Crippen LogP contribution < -0.4 is 0 Å². The van der Waals surface area contributed by atoms with E-state index in [0.717, 1.165) is 33.6 Å². The van der Waals surface area contributed by atoms with Gasteiger partial charge >= 0.3 is 0 Å². The third kappa shape index (κ3) is 4.71. The van der Waals surface area contributed by atoms with E-state index < -0.39 is 0 Å². The van der Waals surface area contributed by atoms with Crippen molar-refractivity contribution in [3.8, 4) is 55.9 Å². The van der Waals surface area contributed by atoms with Gasteiger partial charge in [-0.3, -0.25) is 9.97 Å². The summed E-state index contributed by atoms with van der Waals surface area (Å²) in [7, 11) is 0. The third-order valence-electron chi connectivity index (χ3n) is 8.27. The van der Waals surface area contributed by atoms with E-state index in [4.69, 9.17) is 4.98 Å². The van der Waals surface area contributed by atoms with Crippen LogP contribution in [0.2, 0.25) is 0 Å². The predicted molar refractivity (Wildman–Crippen MR) is 182 cm³/mol. The maximum atomic E-state index is 5.05. The minimum atomic E-state index is 0.905. The number of nitrogens with zero attached hydrogens (tertiary/aromatic N) is 3. The van der Waals surface area contributed by atoms with Crippen LogP contribution >= 0.6 is 0 Å². The van der Waals surface area contributed by atoms with Crippen LogP contribution in [0.25, 0.3) is 77.4 Å². The molecular formula is C41H27N3. The van der Waals surface area contributed by atoms with Gasteiger partial charge in [0.2, 0.25) is 0 Å². The van der Waals surface area contributed by atoms with E-state index in [2.05, 4.69) is 125 Å². The number of pyridine rings is 3. The van der Waals surface area contributed by atoms with Gasteiger partial charge in [0, 0.05) is 35.9 Å². The molecule has 0 saturated carbocycles. The lowest BCUT2D eigenvalue weighted by Crippen LogP contribution is -1.93. The molecule has 206 valence electrons. The molecule has 3 aromatic heterocycles. The Bertz CT molecular complexity index is 2220. The highest BCUT2D eigenvalue weighted by Crippen LogP contribution is 2.39. The molecule has 44 heavy (non-hydrogen) atoms. The smallest absolute Gasteiger partial charge is 0.0716 e. The molecule has 3 heteroatoms. The van der Waals surface area contributed by atoms with Crippen LogP contribution in [0, 0.1) is 0 Å². The maximum Gasteiger partial charge on any atom is 0.0716 e. The Hall–Kier alpha value is -5.93. The molecule has 0 radical (unpaired) electrons. The van der Waals surface area contributed by atoms with Crippen LogP contribution in [0.1, 0.15) is 0 Å². The Kier molecular flexibility index (Phi) is 6.47. The second-order valence-corrected chi connectivity index (χ2v) is 10.9. The van der Waals surface area contributed by atoms with Crippen molar-refractivity contribution in [1.29, 1.82) is 0 Å². The number of benzene rings is 5. The topological polar surface area (TPSA) is 38.7 Å². The standard InChI is InChI=1S/C41H27N3/c1-2-12-35-32(8-1)25-39(38-15-6-5-14-37(35)38)31-10-7-9-30(24-31)34-11-3-4-13-36(34)33-26-40(28-16-20-42-21-17-28)44-41(27-33)29-18-22-43-23-19-29/h1-27H. The number of hydrogen-bond acceptors (Lipinski definition) is 3. The normalized spacial score (nSPS) is 11.2. The molecule has 0 saturated heterocycles. The summed E-state index contributed by atoms with van der Waals surface area (Å²) in [5, 5.41) is 5.06. The number of rotatable bonds is 5. The zero-order chi connectivity index (χ0) is 29.3. The van der Waals surface area contributed by atoms with Crippen molar-refractivity contribution in [3.63, 3.8) is 0 Å². The van der Waals surface area contributed by atoms with Gasteiger partial charge in [-0.25, -0.2) is 4.98 Å². The van der Waals surface area contributed by atoms with Crippen LogP contribution in [0.15, 0.2) is 164 Å². The summed E-state index contributed by atoms with van der Waals surface area (Å²) in [6.07, 6.45) is 7.24. The molecule has 0 unspecified atom stereocenters. The summed E-state index contributed by atoms with van der Waals surface area (Å²) in [6.45, 7) is 0. The number of hydrogen-bond donors (Lipinski definition) is 0. The van der Waals surface area contributed by atoms with Crippen LogP contribution in [0.3, 0.4) is 0 Å². The lowest BCUT2D eigenvalue weighted by atomic mass is 9.89. The monoisotopic (exact) mass is 561 g/mol. The quantitative estimate of drug-likeness (QED) is 0.196. The van der Waals surface area contributed by atoms with E-state index in [-0.39, 0.29) is 0 Å². The summed E-state index contributed by atoms with van der Waals surface area (Å²) in [4.78, 5) is 13.5. The van der Waals surface area contributed by atoms with Crippen molar-refractivity contribution in [1.82, 2.24) is 15.0 Å². The summed E-state index contributed by atoms with van der Waals surface area (Å²) < 4.78 is 0. The van der Waals surface area contributed by atoms with E-state index in [9.17, 15) is 0 Å². The minimum Gasteiger partial charge on any atom is -0.265 e. The van der Waals surface area contributed by atoms with Crippen molar-refractivity contribution in [2.24, 2.45) is 0 Å². The highest BCUT2D eigenvalue weighted by atomic mass is 14.7. The molecular weight excluding hydrogens is 534 g/mol. The largest absolute Gasteiger partial charge is 0.265 e. The molecule has 3 nitrogen and oxygen atoms in total. The second-order valence-electron chi connectivity index (χ2n) is 10.9. The first-order chi connectivity index (χ1) is 21.8. The van der Waals surface area contributed by atoms with Crippen molar-refractivity contribution < 1.29 is 0 Å². The maximum absolute atomic E-state index is 5.05. The van der Waals surface area contributed by atoms with E-state index >= 15 is 0 Å². The van der Waals surface area contributed by atoms with E-state index in [0.29, 0.717) is 0 Å². The predicted octanol–water partition coefficient (Wildman–Crippen LogP) is 10.5. The van der Waals surface area contributed by atoms with E-state index in [1.165, 1.54) is 43.8 Å². The first kappa shape index (κ1) is 25.8. The van der Waals surface area contributed by atoms with Crippen LogP contribution in [-0.2, 0) is 0 Å². The molecule has 0 bridgehead atoms. The first-order valence-electron chi connectivity index (χ1n) is 14.8. The highest BCUT2D eigenvalue weighted by Gasteiger charge is 2.14. The highest BCUT2D eigenvalue weighted by molar-refractivity contribution is 6.13. The van der Waals surface area contributed by atoms with Crippen molar-refractivity contribution >= 4 is 21.5 Å². The summed E-state index contributed by atoms with van der Waals surface area (Å²) in [5.41, 5.74) is 10.9. The number of aromatic nitrogens is 3. The SMILES string of the molecule is c1cc(-c2ccccc2-c2cc(-c3ccncc3)nc(-c3ccncc3)c2)cc(-c2cc3ccccc3c3ccccc23)c1. The Morgan fingerprint density at radius 3 is 1.50 bits per heavy atom. The number of fused-ring (bicyclic) bond motifs is 3. The molecule has 0 aliphatic carbocycles. The third-order valence-corrected chi connectivity index (χ3v) is 8.27. The average Bonchev–Trinajstić information content (AvgIpc) is 3.12. The zero-order valence-corrected chi connectivity index (χ0v) is 23.9. The fraction of sp³-hybridized carbons (Fsp3) is 0. The van der Waals surface area contributed by atoms with Gasteiger partial charge < -0.3 is 0 Å².